The highest BCUT2D eigenvalue weighted by Crippen LogP contribution is 2.23. The number of hydrogen-bond donors (Lipinski definition) is 2. The monoisotopic (exact) mass is 399 g/mol. The van der Waals surface area contributed by atoms with Crippen LogP contribution in [0.5, 0.6) is 17.2 Å². The van der Waals surface area contributed by atoms with Crippen LogP contribution in [0.15, 0.2) is 47.5 Å². The Hall–Kier alpha value is -2.57. The Balaban J connectivity index is 1.71. The van der Waals surface area contributed by atoms with Crippen molar-refractivity contribution in [3.63, 3.8) is 0 Å². The second-order valence-electron chi connectivity index (χ2n) is 7.16. The van der Waals surface area contributed by atoms with Gasteiger partial charge >= 0.3 is 0 Å². The van der Waals surface area contributed by atoms with Crippen molar-refractivity contribution in [2.45, 2.75) is 19.4 Å². The van der Waals surface area contributed by atoms with Crippen molar-refractivity contribution in [1.29, 1.82) is 0 Å². The molecule has 1 aliphatic heterocycles. The number of quaternary nitrogens is 1. The second-order valence-corrected chi connectivity index (χ2v) is 7.16. The maximum absolute atomic E-state index is 10.3. The van der Waals surface area contributed by atoms with Crippen LogP contribution in [-0.4, -0.2) is 57.9 Å². The average Bonchev–Trinajstić information content (AvgIpc) is 2.77. The number of hydrogen-bond acceptors (Lipinski definition) is 5. The molecule has 29 heavy (non-hydrogen) atoms. The molecule has 2 aromatic carbocycles. The Labute approximate surface area is 172 Å². The third kappa shape index (κ3) is 5.95. The number of nitrogens with zero attached hydrogens (tertiary/aromatic N) is 1. The Bertz CT molecular complexity index is 786. The molecular formula is C23H31N2O4+. The molecule has 1 aliphatic rings. The molecule has 2 aromatic rings. The van der Waals surface area contributed by atoms with Gasteiger partial charge in [-0.15, -0.1) is 0 Å². The minimum Gasteiger partial charge on any atom is -0.507 e. The zero-order valence-corrected chi connectivity index (χ0v) is 17.3. The van der Waals surface area contributed by atoms with Crippen LogP contribution >= 0.6 is 0 Å². The smallest absolute Gasteiger partial charge is 0.133 e. The van der Waals surface area contributed by atoms with Gasteiger partial charge in [0.1, 0.15) is 36.4 Å². The lowest BCUT2D eigenvalue weighted by Crippen LogP contribution is -3.14. The molecule has 0 radical (unpaired) electrons. The van der Waals surface area contributed by atoms with Crippen molar-refractivity contribution in [3.05, 3.63) is 53.6 Å². The van der Waals surface area contributed by atoms with E-state index in [4.69, 9.17) is 14.2 Å². The van der Waals surface area contributed by atoms with Gasteiger partial charge in [0.2, 0.25) is 0 Å². The van der Waals surface area contributed by atoms with Gasteiger partial charge in [-0.25, -0.2) is 0 Å². The van der Waals surface area contributed by atoms with Crippen LogP contribution in [0.3, 0.4) is 0 Å². The van der Waals surface area contributed by atoms with Crippen molar-refractivity contribution in [2.75, 3.05) is 46.6 Å². The van der Waals surface area contributed by atoms with E-state index >= 15 is 0 Å². The van der Waals surface area contributed by atoms with Crippen molar-refractivity contribution in [2.24, 2.45) is 4.99 Å². The fourth-order valence-electron chi connectivity index (χ4n) is 3.49. The van der Waals surface area contributed by atoms with E-state index < -0.39 is 0 Å². The zero-order chi connectivity index (χ0) is 20.5. The number of morpholine rings is 1. The number of ether oxygens (including phenoxy) is 3. The number of aromatic hydroxyl groups is 1. The summed E-state index contributed by atoms with van der Waals surface area (Å²) in [6.07, 6.45) is 2.68. The fourth-order valence-corrected chi connectivity index (χ4v) is 3.49. The largest absolute Gasteiger partial charge is 0.507 e. The van der Waals surface area contributed by atoms with E-state index in [2.05, 4.69) is 24.0 Å². The summed E-state index contributed by atoms with van der Waals surface area (Å²) in [7, 11) is 1.68. The maximum atomic E-state index is 10.3. The summed E-state index contributed by atoms with van der Waals surface area (Å²) < 4.78 is 16.4. The van der Waals surface area contributed by atoms with Gasteiger partial charge in [-0.2, -0.15) is 0 Å². The zero-order valence-electron chi connectivity index (χ0n) is 17.3. The molecule has 0 aromatic heterocycles. The van der Waals surface area contributed by atoms with E-state index in [0.29, 0.717) is 24.5 Å². The number of nitrogens with one attached hydrogen (secondary N) is 1. The number of rotatable bonds is 9. The van der Waals surface area contributed by atoms with Crippen LogP contribution < -0.4 is 14.4 Å². The molecule has 1 saturated heterocycles. The first kappa shape index (κ1) is 21.1. The Morgan fingerprint density at radius 1 is 1.14 bits per heavy atom. The maximum Gasteiger partial charge on any atom is 0.133 e. The summed E-state index contributed by atoms with van der Waals surface area (Å²) in [6, 6.07) is 13.8. The quantitative estimate of drug-likeness (QED) is 0.635. The molecule has 1 atom stereocenters. The van der Waals surface area contributed by atoms with Gasteiger partial charge in [0, 0.05) is 23.4 Å². The first-order valence-corrected chi connectivity index (χ1v) is 10.2. The number of phenols is 1. The molecule has 0 spiro atoms. The van der Waals surface area contributed by atoms with Gasteiger partial charge in [0.05, 0.1) is 33.5 Å². The second kappa shape index (κ2) is 10.8. The first-order valence-electron chi connectivity index (χ1n) is 10.2. The first-order chi connectivity index (χ1) is 14.2. The molecule has 6 heteroatoms. The van der Waals surface area contributed by atoms with Crippen LogP contribution in [-0.2, 0) is 4.74 Å². The SMILES string of the molecule is CCCOc1ccc(C=NC[C@H](c2ccc(OC)cc2)[NH+]2CCOCC2)c(O)c1. The summed E-state index contributed by atoms with van der Waals surface area (Å²) in [5, 5.41) is 10.3. The molecule has 156 valence electrons. The predicted molar refractivity (Wildman–Crippen MR) is 114 cm³/mol. The number of aliphatic imine (C=N–C) groups is 1. The summed E-state index contributed by atoms with van der Waals surface area (Å²) in [5.74, 6) is 1.71. The molecule has 0 aliphatic carbocycles. The van der Waals surface area contributed by atoms with Gasteiger partial charge in [0.25, 0.3) is 0 Å². The Kier molecular flexibility index (Phi) is 7.90. The fraction of sp³-hybridized carbons (Fsp3) is 0.435. The highest BCUT2D eigenvalue weighted by molar-refractivity contribution is 5.83. The molecule has 3 rings (SSSR count). The van der Waals surface area contributed by atoms with Crippen molar-refractivity contribution in [3.8, 4) is 17.2 Å². The minimum absolute atomic E-state index is 0.182. The van der Waals surface area contributed by atoms with Crippen molar-refractivity contribution >= 4 is 6.21 Å². The average molecular weight is 400 g/mol. The van der Waals surface area contributed by atoms with Crippen LogP contribution in [0.4, 0.5) is 0 Å². The van der Waals surface area contributed by atoms with Gasteiger partial charge in [-0.05, 0) is 42.8 Å². The van der Waals surface area contributed by atoms with E-state index in [1.165, 1.54) is 10.5 Å². The lowest BCUT2D eigenvalue weighted by atomic mass is 10.0. The van der Waals surface area contributed by atoms with Crippen LogP contribution in [0.1, 0.15) is 30.5 Å². The van der Waals surface area contributed by atoms with Gasteiger partial charge < -0.3 is 24.2 Å². The lowest BCUT2D eigenvalue weighted by molar-refractivity contribution is -0.937. The van der Waals surface area contributed by atoms with E-state index in [0.717, 1.165) is 38.5 Å². The van der Waals surface area contributed by atoms with E-state index in [-0.39, 0.29) is 11.8 Å². The molecular weight excluding hydrogens is 368 g/mol. The molecule has 0 unspecified atom stereocenters. The van der Waals surface area contributed by atoms with Gasteiger partial charge in [-0.3, -0.25) is 4.99 Å². The molecule has 0 bridgehead atoms. The number of phenolic OH excluding ortho intramolecular Hbond substituents is 1. The van der Waals surface area contributed by atoms with Gasteiger partial charge in [-0.1, -0.05) is 6.92 Å². The highest BCUT2D eigenvalue weighted by atomic mass is 16.5. The Morgan fingerprint density at radius 2 is 1.86 bits per heavy atom. The third-order valence-corrected chi connectivity index (χ3v) is 5.14. The molecule has 1 heterocycles. The summed E-state index contributed by atoms with van der Waals surface area (Å²) >= 11 is 0. The number of methoxy groups -OCH3 is 1. The predicted octanol–water partition coefficient (Wildman–Crippen LogP) is 2.26. The van der Waals surface area contributed by atoms with E-state index in [1.807, 2.05) is 24.3 Å². The van der Waals surface area contributed by atoms with E-state index in [1.54, 1.807) is 19.4 Å². The molecule has 0 amide bonds. The highest BCUT2D eigenvalue weighted by Gasteiger charge is 2.26. The van der Waals surface area contributed by atoms with Crippen molar-refractivity contribution in [1.82, 2.24) is 0 Å². The van der Waals surface area contributed by atoms with Crippen LogP contribution in [0.2, 0.25) is 0 Å². The van der Waals surface area contributed by atoms with Crippen LogP contribution in [0, 0.1) is 0 Å². The molecule has 2 N–H and O–H groups in total. The summed E-state index contributed by atoms with van der Waals surface area (Å²) in [5.41, 5.74) is 1.92. The third-order valence-electron chi connectivity index (χ3n) is 5.14. The normalized spacial score (nSPS) is 16.1. The van der Waals surface area contributed by atoms with Gasteiger partial charge in [0.15, 0.2) is 0 Å². The molecule has 6 nitrogen and oxygen atoms in total. The van der Waals surface area contributed by atoms with Crippen LogP contribution in [0.25, 0.3) is 0 Å². The van der Waals surface area contributed by atoms with Crippen molar-refractivity contribution < 1.29 is 24.2 Å². The minimum atomic E-state index is 0.182. The molecule has 1 fully saturated rings. The summed E-state index contributed by atoms with van der Waals surface area (Å²) in [4.78, 5) is 6.13. The topological polar surface area (TPSA) is 64.7 Å². The summed E-state index contributed by atoms with van der Waals surface area (Å²) in [6.45, 7) is 6.78. The Morgan fingerprint density at radius 3 is 2.52 bits per heavy atom. The van der Waals surface area contributed by atoms with E-state index in [9.17, 15) is 5.11 Å². The number of benzene rings is 2. The lowest BCUT2D eigenvalue weighted by Gasteiger charge is -2.31. The standard InChI is InChI=1S/C23H30N2O4/c1-3-12-29-21-9-6-19(23(26)15-21)16-24-17-22(25-10-13-28-14-11-25)18-4-7-20(27-2)8-5-18/h4-9,15-16,22,26H,3,10-14,17H2,1-2H3/p+1/t22-/m1/s1. The molecule has 0 saturated carbocycles.